The Hall–Kier alpha value is -11.2. The molecule has 10 aromatic carbocycles. The zero-order valence-corrected chi connectivity index (χ0v) is 41.5. The van der Waals surface area contributed by atoms with Gasteiger partial charge in [-0.05, 0) is 166 Å². The molecule has 0 bridgehead atoms. The monoisotopic (exact) mass is 1050 g/mol. The lowest BCUT2D eigenvalue weighted by Gasteiger charge is -2.23. The van der Waals surface area contributed by atoms with E-state index in [-0.39, 0.29) is 11.4 Å². The maximum atomic E-state index is 15.3. The van der Waals surface area contributed by atoms with Crippen molar-refractivity contribution in [3.8, 4) is 97.4 Å². The van der Waals surface area contributed by atoms with E-state index >= 15 is 26.3 Å². The van der Waals surface area contributed by atoms with Gasteiger partial charge in [0.05, 0.1) is 103 Å². The standard InChI is InChI=1S/C67H33F6N7/c68-66(69,70)57-14-5-15-58(67(71,72)73)65(57)52-33-64(80-61-22-18-49(45-12-3-8-41(26-45)36-76)30-55(61)56-31-50(19-23-62(56)80)46-13-4-9-42(27-46)37-77)63(32-51(52)38-78)79-59-20-16-47(43-10-1-6-39(24-43)34-74)28-53(59)54-29-48(17-21-60(54)79)44-11-2-7-40(25-44)35-75/h1-33H. The molecule has 0 saturated carbocycles. The van der Waals surface area contributed by atoms with E-state index in [2.05, 4.69) is 24.3 Å². The second-order valence-electron chi connectivity index (χ2n) is 19.1. The van der Waals surface area contributed by atoms with Crippen LogP contribution in [0.1, 0.15) is 38.9 Å². The van der Waals surface area contributed by atoms with Gasteiger partial charge in [-0.25, -0.2) is 0 Å². The van der Waals surface area contributed by atoms with E-state index in [1.807, 2.05) is 95.6 Å². The van der Waals surface area contributed by atoms with Crippen LogP contribution in [0.25, 0.3) is 111 Å². The van der Waals surface area contributed by atoms with Gasteiger partial charge in [0.1, 0.15) is 0 Å². The summed E-state index contributed by atoms with van der Waals surface area (Å²) in [5.41, 5.74) is 4.34. The summed E-state index contributed by atoms with van der Waals surface area (Å²) in [7, 11) is 0. The zero-order chi connectivity index (χ0) is 55.6. The van der Waals surface area contributed by atoms with Crippen LogP contribution < -0.4 is 0 Å². The Kier molecular flexibility index (Phi) is 11.9. The Bertz CT molecular complexity index is 4570. The second-order valence-corrected chi connectivity index (χ2v) is 19.1. The summed E-state index contributed by atoms with van der Waals surface area (Å²) >= 11 is 0. The lowest BCUT2D eigenvalue weighted by Crippen LogP contribution is -2.15. The van der Waals surface area contributed by atoms with Crippen LogP contribution in [0.15, 0.2) is 200 Å². The molecule has 0 unspecified atom stereocenters. The molecule has 12 aromatic rings. The number of rotatable bonds is 7. The fourth-order valence-corrected chi connectivity index (χ4v) is 10.9. The molecule has 2 heterocycles. The van der Waals surface area contributed by atoms with Crippen molar-refractivity contribution < 1.29 is 26.3 Å². The smallest absolute Gasteiger partial charge is 0.307 e. The molecule has 0 aliphatic heterocycles. The number of nitriles is 5. The average Bonchev–Trinajstić information content (AvgIpc) is 4.20. The number of fused-ring (bicyclic) bond motifs is 6. The fraction of sp³-hybridized carbons (Fsp3) is 0.0299. The van der Waals surface area contributed by atoms with Gasteiger partial charge in [0, 0.05) is 32.7 Å². The molecule has 0 aliphatic carbocycles. The molecule has 13 heteroatoms. The number of hydrogen-bond acceptors (Lipinski definition) is 5. The second kappa shape index (κ2) is 19.1. The Balaban J connectivity index is 1.24. The topological polar surface area (TPSA) is 129 Å². The average molecular weight is 1050 g/mol. The molecule has 80 heavy (non-hydrogen) atoms. The van der Waals surface area contributed by atoms with Crippen molar-refractivity contribution in [3.63, 3.8) is 0 Å². The third-order valence-electron chi connectivity index (χ3n) is 14.5. The van der Waals surface area contributed by atoms with Crippen molar-refractivity contribution >= 4 is 43.6 Å². The van der Waals surface area contributed by atoms with Crippen LogP contribution in [0.2, 0.25) is 0 Å². The first-order valence-electron chi connectivity index (χ1n) is 24.7. The molecule has 0 aliphatic rings. The molecule has 0 radical (unpaired) electrons. The van der Waals surface area contributed by atoms with Gasteiger partial charge in [0.15, 0.2) is 0 Å². The van der Waals surface area contributed by atoms with E-state index in [0.29, 0.717) is 106 Å². The minimum Gasteiger partial charge on any atom is -0.307 e. The molecular formula is C67H33F6N7. The van der Waals surface area contributed by atoms with Crippen molar-refractivity contribution in [1.29, 1.82) is 26.3 Å². The Labute approximate surface area is 452 Å². The fourth-order valence-electron chi connectivity index (χ4n) is 10.9. The largest absolute Gasteiger partial charge is 0.417 e. The summed E-state index contributed by atoms with van der Waals surface area (Å²) < 4.78 is 95.4. The summed E-state index contributed by atoms with van der Waals surface area (Å²) in [4.78, 5) is 0. The lowest BCUT2D eigenvalue weighted by molar-refractivity contribution is -0.142. The quantitative estimate of drug-likeness (QED) is 0.147. The number of nitrogens with zero attached hydrogens (tertiary/aromatic N) is 7. The highest BCUT2D eigenvalue weighted by Crippen LogP contribution is 2.49. The van der Waals surface area contributed by atoms with Gasteiger partial charge < -0.3 is 9.13 Å². The minimum atomic E-state index is -5.30. The number of aromatic nitrogens is 2. The molecular weight excluding hydrogens is 1020 g/mol. The summed E-state index contributed by atoms with van der Waals surface area (Å²) in [5.74, 6) is 0. The lowest BCUT2D eigenvalue weighted by atomic mass is 9.89. The molecule has 0 spiro atoms. The van der Waals surface area contributed by atoms with Crippen molar-refractivity contribution in [2.75, 3.05) is 0 Å². The first-order chi connectivity index (χ1) is 38.7. The van der Waals surface area contributed by atoms with Crippen LogP contribution in [-0.4, -0.2) is 9.13 Å². The van der Waals surface area contributed by atoms with Gasteiger partial charge in [-0.15, -0.1) is 0 Å². The third-order valence-corrected chi connectivity index (χ3v) is 14.5. The normalized spacial score (nSPS) is 11.6. The maximum absolute atomic E-state index is 15.3. The molecule has 0 fully saturated rings. The van der Waals surface area contributed by atoms with Crippen LogP contribution in [-0.2, 0) is 12.4 Å². The number of hydrogen-bond donors (Lipinski definition) is 0. The van der Waals surface area contributed by atoms with Gasteiger partial charge in [-0.2, -0.15) is 52.7 Å². The van der Waals surface area contributed by atoms with Gasteiger partial charge in [0.25, 0.3) is 0 Å². The summed E-state index contributed by atoms with van der Waals surface area (Å²) in [5, 5.41) is 53.1. The van der Waals surface area contributed by atoms with Crippen molar-refractivity contribution in [3.05, 3.63) is 239 Å². The summed E-state index contributed by atoms with van der Waals surface area (Å²) in [6, 6.07) is 65.7. The first kappa shape index (κ1) is 49.7. The predicted octanol–water partition coefficient (Wildman–Crippen LogP) is 17.6. The number of alkyl halides is 6. The van der Waals surface area contributed by atoms with Gasteiger partial charge in [0.2, 0.25) is 0 Å². The molecule has 0 N–H and O–H groups in total. The highest BCUT2D eigenvalue weighted by molar-refractivity contribution is 6.14. The molecule has 12 rings (SSSR count). The number of halogens is 6. The van der Waals surface area contributed by atoms with Crippen LogP contribution in [0, 0.1) is 56.7 Å². The Morgan fingerprint density at radius 2 is 0.588 bits per heavy atom. The highest BCUT2D eigenvalue weighted by atomic mass is 19.4. The van der Waals surface area contributed by atoms with E-state index in [4.69, 9.17) is 0 Å². The van der Waals surface area contributed by atoms with E-state index in [1.54, 1.807) is 89.5 Å². The predicted molar refractivity (Wildman–Crippen MR) is 296 cm³/mol. The molecule has 7 nitrogen and oxygen atoms in total. The van der Waals surface area contributed by atoms with Crippen LogP contribution in [0.5, 0.6) is 0 Å². The van der Waals surface area contributed by atoms with E-state index in [1.165, 1.54) is 12.1 Å². The van der Waals surface area contributed by atoms with Gasteiger partial charge in [-0.3, -0.25) is 0 Å². The summed E-state index contributed by atoms with van der Waals surface area (Å²) in [6.07, 6.45) is -10.6. The third kappa shape index (κ3) is 8.48. The number of benzene rings is 10. The molecule has 378 valence electrons. The first-order valence-corrected chi connectivity index (χ1v) is 24.7. The van der Waals surface area contributed by atoms with Gasteiger partial charge >= 0.3 is 12.4 Å². The molecule has 0 saturated heterocycles. The Morgan fingerprint density at radius 1 is 0.300 bits per heavy atom. The van der Waals surface area contributed by atoms with Crippen LogP contribution >= 0.6 is 0 Å². The van der Waals surface area contributed by atoms with Crippen LogP contribution in [0.4, 0.5) is 26.3 Å². The van der Waals surface area contributed by atoms with Crippen molar-refractivity contribution in [2.24, 2.45) is 0 Å². The Morgan fingerprint density at radius 3 is 0.875 bits per heavy atom. The molecule has 2 aromatic heterocycles. The highest BCUT2D eigenvalue weighted by Gasteiger charge is 2.42. The van der Waals surface area contributed by atoms with Crippen LogP contribution in [0.3, 0.4) is 0 Å². The van der Waals surface area contributed by atoms with E-state index in [0.717, 1.165) is 22.3 Å². The molecule has 0 atom stereocenters. The SMILES string of the molecule is N#Cc1cccc(-c2ccc3c(c2)c2cc(-c4cccc(C#N)c4)ccc2n3-c2cc(C#N)c(-c3c(C(F)(F)F)cccc3C(F)(F)F)cc2-n2c3ccc(-c4cccc(C#N)c4)cc3c3cc(-c4cccc(C#N)c4)ccc32)c1. The van der Waals surface area contributed by atoms with E-state index in [9.17, 15) is 26.3 Å². The zero-order valence-electron chi connectivity index (χ0n) is 41.5. The van der Waals surface area contributed by atoms with Gasteiger partial charge in [-0.1, -0.05) is 78.9 Å². The summed E-state index contributed by atoms with van der Waals surface area (Å²) in [6.45, 7) is 0. The maximum Gasteiger partial charge on any atom is 0.417 e. The minimum absolute atomic E-state index is 0.109. The van der Waals surface area contributed by atoms with Crippen molar-refractivity contribution in [1.82, 2.24) is 9.13 Å². The van der Waals surface area contributed by atoms with Crippen molar-refractivity contribution in [2.45, 2.75) is 12.4 Å². The molecule has 0 amide bonds. The van der Waals surface area contributed by atoms with E-state index < -0.39 is 40.2 Å².